The van der Waals surface area contributed by atoms with Crippen LogP contribution < -0.4 is 5.32 Å². The fourth-order valence-corrected chi connectivity index (χ4v) is 4.11. The lowest BCUT2D eigenvalue weighted by atomic mass is 9.92. The topological polar surface area (TPSA) is 27.6 Å². The predicted octanol–water partition coefficient (Wildman–Crippen LogP) is 3.14. The molecule has 0 radical (unpaired) electrons. The van der Waals surface area contributed by atoms with E-state index in [2.05, 4.69) is 55.4 Å². The van der Waals surface area contributed by atoms with Gasteiger partial charge in [-0.3, -0.25) is 4.99 Å². The van der Waals surface area contributed by atoms with E-state index in [0.717, 1.165) is 11.7 Å². The van der Waals surface area contributed by atoms with Gasteiger partial charge < -0.3 is 10.2 Å². The van der Waals surface area contributed by atoms with Gasteiger partial charge in [0.1, 0.15) is 0 Å². The molecular formula is C15H21N3S. The Morgan fingerprint density at radius 2 is 2.16 bits per heavy atom. The van der Waals surface area contributed by atoms with Gasteiger partial charge in [0.15, 0.2) is 5.17 Å². The first-order valence-electron chi connectivity index (χ1n) is 6.86. The first-order valence-corrected chi connectivity index (χ1v) is 7.74. The summed E-state index contributed by atoms with van der Waals surface area (Å²) in [6.07, 6.45) is 1.25. The number of anilines is 1. The highest BCUT2D eigenvalue weighted by molar-refractivity contribution is 8.14. The second kappa shape index (κ2) is 4.84. The van der Waals surface area contributed by atoms with Gasteiger partial charge in [0.25, 0.3) is 0 Å². The average molecular weight is 275 g/mol. The van der Waals surface area contributed by atoms with Crippen LogP contribution in [-0.4, -0.2) is 35.5 Å². The van der Waals surface area contributed by atoms with Gasteiger partial charge in [-0.1, -0.05) is 30.0 Å². The van der Waals surface area contributed by atoms with Crippen molar-refractivity contribution in [3.05, 3.63) is 29.8 Å². The van der Waals surface area contributed by atoms with Crippen LogP contribution in [0.2, 0.25) is 0 Å². The van der Waals surface area contributed by atoms with Crippen LogP contribution in [0.4, 0.5) is 5.69 Å². The molecule has 1 saturated heterocycles. The molecule has 2 heterocycles. The Kier molecular flexibility index (Phi) is 3.31. The molecule has 1 aromatic rings. The number of nitrogens with one attached hydrogen (secondary N) is 1. The number of thioether (sulfide) groups is 1. The monoisotopic (exact) mass is 275 g/mol. The highest BCUT2D eigenvalue weighted by atomic mass is 32.2. The summed E-state index contributed by atoms with van der Waals surface area (Å²) in [4.78, 5) is 7.28. The van der Waals surface area contributed by atoms with Gasteiger partial charge in [-0.2, -0.15) is 0 Å². The molecule has 19 heavy (non-hydrogen) atoms. The van der Waals surface area contributed by atoms with Crippen molar-refractivity contribution in [2.75, 3.05) is 25.5 Å². The van der Waals surface area contributed by atoms with Crippen LogP contribution in [-0.2, 0) is 5.54 Å². The van der Waals surface area contributed by atoms with Gasteiger partial charge in [-0.15, -0.1) is 0 Å². The Labute approximate surface area is 119 Å². The molecule has 0 amide bonds. The van der Waals surface area contributed by atoms with E-state index in [-0.39, 0.29) is 5.54 Å². The SMILES string of the molecule is CN1CCC(SC2=NC(C)(C)c3ccccc3N2)C1. The summed E-state index contributed by atoms with van der Waals surface area (Å²) >= 11 is 1.90. The molecule has 102 valence electrons. The number of hydrogen-bond donors (Lipinski definition) is 1. The molecule has 1 atom stereocenters. The summed E-state index contributed by atoms with van der Waals surface area (Å²) < 4.78 is 0. The summed E-state index contributed by atoms with van der Waals surface area (Å²) in [5.74, 6) is 0. The molecular weight excluding hydrogens is 254 g/mol. The maximum Gasteiger partial charge on any atom is 0.162 e. The van der Waals surface area contributed by atoms with Crippen molar-refractivity contribution >= 4 is 22.6 Å². The normalized spacial score (nSPS) is 25.6. The molecule has 0 saturated carbocycles. The molecule has 0 aromatic heterocycles. The third-order valence-electron chi connectivity index (χ3n) is 3.84. The molecule has 0 bridgehead atoms. The summed E-state index contributed by atoms with van der Waals surface area (Å²) in [6.45, 7) is 6.74. The van der Waals surface area contributed by atoms with Crippen molar-refractivity contribution < 1.29 is 0 Å². The molecule has 4 heteroatoms. The van der Waals surface area contributed by atoms with E-state index in [4.69, 9.17) is 4.99 Å². The molecule has 3 nitrogen and oxygen atoms in total. The number of benzene rings is 1. The van der Waals surface area contributed by atoms with Gasteiger partial charge in [-0.05, 0) is 39.9 Å². The molecule has 0 spiro atoms. The van der Waals surface area contributed by atoms with E-state index in [0.29, 0.717) is 5.25 Å². The zero-order chi connectivity index (χ0) is 13.5. The van der Waals surface area contributed by atoms with E-state index >= 15 is 0 Å². The Morgan fingerprint density at radius 3 is 2.89 bits per heavy atom. The van der Waals surface area contributed by atoms with E-state index < -0.39 is 0 Å². The van der Waals surface area contributed by atoms with E-state index in [1.165, 1.54) is 24.2 Å². The van der Waals surface area contributed by atoms with Gasteiger partial charge in [-0.25, -0.2) is 0 Å². The third kappa shape index (κ3) is 2.65. The highest BCUT2D eigenvalue weighted by Gasteiger charge is 2.30. The number of hydrogen-bond acceptors (Lipinski definition) is 4. The van der Waals surface area contributed by atoms with E-state index in [1.807, 2.05) is 11.8 Å². The van der Waals surface area contributed by atoms with Crippen LogP contribution >= 0.6 is 11.8 Å². The van der Waals surface area contributed by atoms with Crippen LogP contribution in [0.5, 0.6) is 0 Å². The standard InChI is InChI=1S/C15H21N3S/c1-15(2)12-6-4-5-7-13(12)16-14(17-15)19-11-8-9-18(3)10-11/h4-7,11H,8-10H2,1-3H3,(H,16,17). The van der Waals surface area contributed by atoms with Crippen molar-refractivity contribution in [1.82, 2.24) is 4.90 Å². The summed E-state index contributed by atoms with van der Waals surface area (Å²) in [5.41, 5.74) is 2.36. The second-order valence-electron chi connectivity index (χ2n) is 5.94. The van der Waals surface area contributed by atoms with Gasteiger partial charge >= 0.3 is 0 Å². The van der Waals surface area contributed by atoms with E-state index in [1.54, 1.807) is 0 Å². The maximum atomic E-state index is 4.89. The fraction of sp³-hybridized carbons (Fsp3) is 0.533. The van der Waals surface area contributed by atoms with Crippen molar-refractivity contribution in [1.29, 1.82) is 0 Å². The molecule has 0 aliphatic carbocycles. The fourth-order valence-electron chi connectivity index (χ4n) is 2.79. The minimum atomic E-state index is -0.130. The zero-order valence-corrected chi connectivity index (χ0v) is 12.6. The van der Waals surface area contributed by atoms with Crippen molar-refractivity contribution in [2.24, 2.45) is 4.99 Å². The molecule has 1 N–H and O–H groups in total. The minimum Gasteiger partial charge on any atom is -0.335 e. The predicted molar refractivity (Wildman–Crippen MR) is 84.0 cm³/mol. The van der Waals surface area contributed by atoms with Crippen LogP contribution in [0.25, 0.3) is 0 Å². The number of likely N-dealkylation sites (tertiary alicyclic amines) is 1. The molecule has 3 rings (SSSR count). The number of aliphatic imine (C=N–C) groups is 1. The highest BCUT2D eigenvalue weighted by Crippen LogP contribution is 2.37. The van der Waals surface area contributed by atoms with Crippen LogP contribution in [0, 0.1) is 0 Å². The van der Waals surface area contributed by atoms with Gasteiger partial charge in [0.05, 0.1) is 5.54 Å². The smallest absolute Gasteiger partial charge is 0.162 e. The molecule has 2 aliphatic rings. The Balaban J connectivity index is 1.80. The Hall–Kier alpha value is -1.00. The zero-order valence-electron chi connectivity index (χ0n) is 11.8. The lowest BCUT2D eigenvalue weighted by Crippen LogP contribution is -2.28. The lowest BCUT2D eigenvalue weighted by molar-refractivity contribution is 0.419. The first kappa shape index (κ1) is 13.0. The van der Waals surface area contributed by atoms with Crippen LogP contribution in [0.15, 0.2) is 29.3 Å². The number of fused-ring (bicyclic) bond motifs is 1. The van der Waals surface area contributed by atoms with Gasteiger partial charge in [0, 0.05) is 23.0 Å². The Bertz CT molecular complexity index is 510. The summed E-state index contributed by atoms with van der Waals surface area (Å²) in [6, 6.07) is 8.48. The van der Waals surface area contributed by atoms with Crippen molar-refractivity contribution in [3.8, 4) is 0 Å². The average Bonchev–Trinajstić information content (AvgIpc) is 2.74. The number of rotatable bonds is 1. The maximum absolute atomic E-state index is 4.89. The summed E-state index contributed by atoms with van der Waals surface area (Å²) in [7, 11) is 2.19. The molecule has 1 aromatic carbocycles. The van der Waals surface area contributed by atoms with E-state index in [9.17, 15) is 0 Å². The largest absolute Gasteiger partial charge is 0.335 e. The number of nitrogens with zero attached hydrogens (tertiary/aromatic N) is 2. The first-order chi connectivity index (χ1) is 9.04. The molecule has 1 fully saturated rings. The minimum absolute atomic E-state index is 0.130. The van der Waals surface area contributed by atoms with Gasteiger partial charge in [0.2, 0.25) is 0 Å². The number of para-hydroxylation sites is 1. The van der Waals surface area contributed by atoms with Crippen molar-refractivity contribution in [2.45, 2.75) is 31.1 Å². The van der Waals surface area contributed by atoms with Crippen LogP contribution in [0.1, 0.15) is 25.8 Å². The van der Waals surface area contributed by atoms with Crippen LogP contribution in [0.3, 0.4) is 0 Å². The Morgan fingerprint density at radius 1 is 1.37 bits per heavy atom. The van der Waals surface area contributed by atoms with Crippen molar-refractivity contribution in [3.63, 3.8) is 0 Å². The quantitative estimate of drug-likeness (QED) is 0.853. The third-order valence-corrected chi connectivity index (χ3v) is 4.97. The molecule has 2 aliphatic heterocycles. The number of amidine groups is 1. The summed E-state index contributed by atoms with van der Waals surface area (Å²) in [5, 5.41) is 5.23. The second-order valence-corrected chi connectivity index (χ2v) is 7.23. The molecule has 1 unspecified atom stereocenters. The lowest BCUT2D eigenvalue weighted by Gasteiger charge is -2.31.